The van der Waals surface area contributed by atoms with Crippen LogP contribution in [0.4, 0.5) is 0 Å². The number of nitrogens with one attached hydrogen (secondary N) is 1. The van der Waals surface area contributed by atoms with E-state index in [4.69, 9.17) is 0 Å². The summed E-state index contributed by atoms with van der Waals surface area (Å²) in [7, 11) is 0. The van der Waals surface area contributed by atoms with Crippen LogP contribution in [-0.2, 0) is 4.79 Å². The van der Waals surface area contributed by atoms with E-state index in [1.807, 2.05) is 4.90 Å². The second-order valence-electron chi connectivity index (χ2n) is 4.80. The minimum absolute atomic E-state index is 0.224. The minimum atomic E-state index is 0.224. The Morgan fingerprint density at radius 1 is 1.25 bits per heavy atom. The number of nitrogens with zero attached hydrogens (tertiary/aromatic N) is 1. The van der Waals surface area contributed by atoms with Crippen molar-refractivity contribution in [3.63, 3.8) is 0 Å². The molecule has 1 rings (SSSR count). The van der Waals surface area contributed by atoms with Gasteiger partial charge in [-0.25, -0.2) is 0 Å². The lowest BCUT2D eigenvalue weighted by Gasteiger charge is -2.31. The average molecular weight is 226 g/mol. The molecule has 1 fully saturated rings. The Hall–Kier alpha value is -0.570. The Morgan fingerprint density at radius 3 is 2.50 bits per heavy atom. The van der Waals surface area contributed by atoms with Crippen molar-refractivity contribution >= 4 is 5.91 Å². The average Bonchev–Trinajstić information content (AvgIpc) is 2.29. The molecule has 1 N–H and O–H groups in total. The third-order valence-corrected chi connectivity index (χ3v) is 3.40. The summed E-state index contributed by atoms with van der Waals surface area (Å²) in [6.07, 6.45) is 7.53. The van der Waals surface area contributed by atoms with Gasteiger partial charge in [-0.1, -0.05) is 26.2 Å². The van der Waals surface area contributed by atoms with Gasteiger partial charge in [-0.05, 0) is 25.8 Å². The molecule has 1 aliphatic rings. The van der Waals surface area contributed by atoms with Gasteiger partial charge in [0.05, 0.1) is 0 Å². The highest BCUT2D eigenvalue weighted by atomic mass is 16.2. The van der Waals surface area contributed by atoms with Crippen molar-refractivity contribution < 1.29 is 4.79 Å². The van der Waals surface area contributed by atoms with Gasteiger partial charge in [0, 0.05) is 26.1 Å². The molecule has 1 amide bonds. The number of likely N-dealkylation sites (tertiary alicyclic amines) is 1. The largest absolute Gasteiger partial charge is 0.343 e. The molecular formula is C13H26N2O. The molecule has 3 heteroatoms. The smallest absolute Gasteiger partial charge is 0.219 e. The quantitative estimate of drug-likeness (QED) is 0.704. The van der Waals surface area contributed by atoms with Gasteiger partial charge in [-0.15, -0.1) is 0 Å². The predicted molar refractivity (Wildman–Crippen MR) is 67.4 cm³/mol. The summed E-state index contributed by atoms with van der Waals surface area (Å²) in [5, 5.41) is 3.60. The van der Waals surface area contributed by atoms with E-state index in [0.29, 0.717) is 6.04 Å². The highest BCUT2D eigenvalue weighted by Crippen LogP contribution is 2.10. The lowest BCUT2D eigenvalue weighted by atomic mass is 10.0. The molecule has 0 aromatic heterocycles. The van der Waals surface area contributed by atoms with Crippen LogP contribution in [0.15, 0.2) is 0 Å². The van der Waals surface area contributed by atoms with E-state index in [0.717, 1.165) is 32.5 Å². The first-order chi connectivity index (χ1) is 7.74. The van der Waals surface area contributed by atoms with Crippen molar-refractivity contribution in [2.24, 2.45) is 0 Å². The fraction of sp³-hybridized carbons (Fsp3) is 0.923. The number of carbonyl (C=O) groups is 1. The van der Waals surface area contributed by atoms with Crippen LogP contribution < -0.4 is 5.32 Å². The zero-order chi connectivity index (χ0) is 11.8. The molecule has 1 aliphatic heterocycles. The maximum Gasteiger partial charge on any atom is 0.219 e. The number of piperidine rings is 1. The van der Waals surface area contributed by atoms with Gasteiger partial charge in [0.25, 0.3) is 0 Å². The van der Waals surface area contributed by atoms with E-state index in [1.165, 1.54) is 25.7 Å². The van der Waals surface area contributed by atoms with Gasteiger partial charge in [-0.3, -0.25) is 4.79 Å². The summed E-state index contributed by atoms with van der Waals surface area (Å²) >= 11 is 0. The summed E-state index contributed by atoms with van der Waals surface area (Å²) in [6.45, 7) is 6.91. The maximum atomic E-state index is 11.1. The van der Waals surface area contributed by atoms with Crippen LogP contribution >= 0.6 is 0 Å². The van der Waals surface area contributed by atoms with Crippen molar-refractivity contribution in [3.05, 3.63) is 0 Å². The molecule has 0 bridgehead atoms. The van der Waals surface area contributed by atoms with Crippen molar-refractivity contribution in [3.8, 4) is 0 Å². The molecule has 0 spiro atoms. The van der Waals surface area contributed by atoms with Crippen molar-refractivity contribution in [1.82, 2.24) is 10.2 Å². The van der Waals surface area contributed by atoms with Crippen LogP contribution in [0.2, 0.25) is 0 Å². The first kappa shape index (κ1) is 13.5. The molecule has 16 heavy (non-hydrogen) atoms. The predicted octanol–water partition coefficient (Wildman–Crippen LogP) is 2.17. The molecular weight excluding hydrogens is 200 g/mol. The molecule has 94 valence electrons. The molecule has 0 saturated carbocycles. The summed E-state index contributed by atoms with van der Waals surface area (Å²) in [5.41, 5.74) is 0. The number of unbranched alkanes of at least 4 members (excludes halogenated alkanes) is 3. The van der Waals surface area contributed by atoms with Crippen LogP contribution in [-0.4, -0.2) is 36.5 Å². The number of amides is 1. The Morgan fingerprint density at radius 2 is 1.94 bits per heavy atom. The number of hydrogen-bond acceptors (Lipinski definition) is 2. The van der Waals surface area contributed by atoms with E-state index in [9.17, 15) is 4.79 Å². The van der Waals surface area contributed by atoms with Gasteiger partial charge in [0.1, 0.15) is 0 Å². The molecule has 1 saturated heterocycles. The van der Waals surface area contributed by atoms with Gasteiger partial charge in [-0.2, -0.15) is 0 Å². The van der Waals surface area contributed by atoms with Gasteiger partial charge < -0.3 is 10.2 Å². The third-order valence-electron chi connectivity index (χ3n) is 3.40. The van der Waals surface area contributed by atoms with E-state index >= 15 is 0 Å². The molecule has 0 aromatic carbocycles. The second-order valence-corrected chi connectivity index (χ2v) is 4.80. The number of rotatable bonds is 6. The van der Waals surface area contributed by atoms with Gasteiger partial charge >= 0.3 is 0 Å². The van der Waals surface area contributed by atoms with Crippen molar-refractivity contribution in [2.75, 3.05) is 19.6 Å². The van der Waals surface area contributed by atoms with E-state index in [-0.39, 0.29) is 5.91 Å². The number of carbonyl (C=O) groups excluding carboxylic acids is 1. The Kier molecular flexibility index (Phi) is 6.46. The Balaban J connectivity index is 2.02. The van der Waals surface area contributed by atoms with Crippen LogP contribution in [0, 0.1) is 0 Å². The Bertz CT molecular complexity index is 198. The fourth-order valence-corrected chi connectivity index (χ4v) is 2.26. The van der Waals surface area contributed by atoms with Crippen LogP contribution in [0.5, 0.6) is 0 Å². The molecule has 0 atom stereocenters. The first-order valence-electron chi connectivity index (χ1n) is 6.73. The highest BCUT2D eigenvalue weighted by Gasteiger charge is 2.19. The topological polar surface area (TPSA) is 32.3 Å². The number of hydrogen-bond donors (Lipinski definition) is 1. The maximum absolute atomic E-state index is 11.1. The standard InChI is InChI=1S/C13H26N2O/c1-3-4-5-6-9-14-13-7-10-15(11-8-13)12(2)16/h13-14H,3-11H2,1-2H3. The summed E-state index contributed by atoms with van der Waals surface area (Å²) in [6, 6.07) is 0.636. The zero-order valence-electron chi connectivity index (χ0n) is 10.8. The van der Waals surface area contributed by atoms with Crippen LogP contribution in [0.3, 0.4) is 0 Å². The summed E-state index contributed by atoms with van der Waals surface area (Å²) in [4.78, 5) is 13.1. The molecule has 0 aromatic rings. The van der Waals surface area contributed by atoms with E-state index < -0.39 is 0 Å². The normalized spacial score (nSPS) is 17.8. The minimum Gasteiger partial charge on any atom is -0.343 e. The Labute approximate surface area is 99.6 Å². The SMILES string of the molecule is CCCCCCNC1CCN(C(C)=O)CC1. The molecule has 0 radical (unpaired) electrons. The van der Waals surface area contributed by atoms with Crippen molar-refractivity contribution in [2.45, 2.75) is 58.4 Å². The molecule has 0 aliphatic carbocycles. The van der Waals surface area contributed by atoms with Gasteiger partial charge in [0.15, 0.2) is 0 Å². The van der Waals surface area contributed by atoms with Crippen LogP contribution in [0.1, 0.15) is 52.4 Å². The van der Waals surface area contributed by atoms with Crippen LogP contribution in [0.25, 0.3) is 0 Å². The highest BCUT2D eigenvalue weighted by molar-refractivity contribution is 5.73. The molecule has 3 nitrogen and oxygen atoms in total. The lowest BCUT2D eigenvalue weighted by molar-refractivity contribution is -0.129. The monoisotopic (exact) mass is 226 g/mol. The summed E-state index contributed by atoms with van der Waals surface area (Å²) in [5.74, 6) is 0.224. The molecule has 0 unspecified atom stereocenters. The first-order valence-corrected chi connectivity index (χ1v) is 6.73. The fourth-order valence-electron chi connectivity index (χ4n) is 2.26. The summed E-state index contributed by atoms with van der Waals surface area (Å²) < 4.78 is 0. The third kappa shape index (κ3) is 4.97. The molecule has 1 heterocycles. The van der Waals surface area contributed by atoms with E-state index in [1.54, 1.807) is 6.92 Å². The van der Waals surface area contributed by atoms with Gasteiger partial charge in [0.2, 0.25) is 5.91 Å². The lowest BCUT2D eigenvalue weighted by Crippen LogP contribution is -2.44. The second kappa shape index (κ2) is 7.66. The zero-order valence-corrected chi connectivity index (χ0v) is 10.8. The van der Waals surface area contributed by atoms with E-state index in [2.05, 4.69) is 12.2 Å². The van der Waals surface area contributed by atoms with Crippen molar-refractivity contribution in [1.29, 1.82) is 0 Å².